The summed E-state index contributed by atoms with van der Waals surface area (Å²) < 4.78 is 0. The molecule has 4 aliphatic rings. The summed E-state index contributed by atoms with van der Waals surface area (Å²) in [5, 5.41) is 33.1. The van der Waals surface area contributed by atoms with Crippen molar-refractivity contribution < 1.29 is 29.7 Å². The topological polar surface area (TPSA) is 112 Å². The molecule has 0 amide bonds. The third-order valence-electron chi connectivity index (χ3n) is 11.3. The fourth-order valence-corrected chi connectivity index (χ4v) is 8.77. The summed E-state index contributed by atoms with van der Waals surface area (Å²) in [6, 6.07) is 0. The van der Waals surface area contributed by atoms with Crippen LogP contribution in [0.4, 0.5) is 0 Å². The molecule has 6 nitrogen and oxygen atoms in total. The van der Waals surface area contributed by atoms with Gasteiger partial charge in [-0.05, 0) is 75.7 Å². The van der Waals surface area contributed by atoms with Gasteiger partial charge in [0.25, 0.3) is 0 Å². The Kier molecular flexibility index (Phi) is 6.33. The molecule has 0 radical (unpaired) electrons. The van der Waals surface area contributed by atoms with E-state index in [2.05, 4.69) is 20.8 Å². The van der Waals surface area contributed by atoms with Crippen LogP contribution in [-0.2, 0) is 14.4 Å². The van der Waals surface area contributed by atoms with Crippen LogP contribution in [0.5, 0.6) is 0 Å². The van der Waals surface area contributed by atoms with E-state index in [1.54, 1.807) is 13.0 Å². The lowest BCUT2D eigenvalue weighted by Crippen LogP contribution is -2.57. The lowest BCUT2D eigenvalue weighted by molar-refractivity contribution is -0.160. The zero-order valence-electron chi connectivity index (χ0n) is 23.0. The SMILES string of the molecule is C/C(=C/CC[C@@H](C)C(=O)C1C[C@@]2(C)[C@@H]3CC[C@H]4C(C)(C)C(=O)CC[C@]4(C)C3=C[C@@]2(O)[C@]1(C)O)C(=O)O. The average Bonchev–Trinajstić information content (AvgIpc) is 3.12. The van der Waals surface area contributed by atoms with Crippen molar-refractivity contribution >= 4 is 17.5 Å². The molecule has 8 atom stereocenters. The van der Waals surface area contributed by atoms with Crippen molar-refractivity contribution in [1.82, 2.24) is 0 Å². The molecule has 0 bridgehead atoms. The normalized spacial score (nSPS) is 44.4. The Morgan fingerprint density at radius 2 is 1.78 bits per heavy atom. The van der Waals surface area contributed by atoms with Crippen LogP contribution in [0, 0.1) is 39.9 Å². The van der Waals surface area contributed by atoms with E-state index in [4.69, 9.17) is 5.11 Å². The Labute approximate surface area is 215 Å². The van der Waals surface area contributed by atoms with Gasteiger partial charge < -0.3 is 15.3 Å². The molecule has 3 saturated carbocycles. The first-order chi connectivity index (χ1) is 16.4. The molecule has 0 aromatic rings. The molecule has 3 N–H and O–H groups in total. The quantitative estimate of drug-likeness (QED) is 0.354. The number of carboxylic acids is 1. The van der Waals surface area contributed by atoms with Crippen molar-refractivity contribution in [2.75, 3.05) is 0 Å². The van der Waals surface area contributed by atoms with Crippen molar-refractivity contribution in [3.05, 3.63) is 23.3 Å². The highest BCUT2D eigenvalue weighted by atomic mass is 16.4. The van der Waals surface area contributed by atoms with E-state index in [9.17, 15) is 24.6 Å². The van der Waals surface area contributed by atoms with E-state index in [1.165, 1.54) is 12.5 Å². The molecule has 200 valence electrons. The zero-order valence-corrected chi connectivity index (χ0v) is 23.0. The van der Waals surface area contributed by atoms with E-state index >= 15 is 0 Å². The number of carboxylic acid groups (broad SMARTS) is 1. The maximum Gasteiger partial charge on any atom is 0.330 e. The molecule has 0 aromatic heterocycles. The number of ketones is 2. The van der Waals surface area contributed by atoms with E-state index in [1.807, 2.05) is 19.9 Å². The fraction of sp³-hybridized carbons (Fsp3) is 0.767. The smallest absolute Gasteiger partial charge is 0.330 e. The highest BCUT2D eigenvalue weighted by Crippen LogP contribution is 2.72. The molecule has 3 fully saturated rings. The van der Waals surface area contributed by atoms with Crippen LogP contribution in [0.15, 0.2) is 23.3 Å². The van der Waals surface area contributed by atoms with Crippen LogP contribution in [0.2, 0.25) is 0 Å². The van der Waals surface area contributed by atoms with Gasteiger partial charge in [0.1, 0.15) is 22.8 Å². The van der Waals surface area contributed by atoms with E-state index in [0.717, 1.165) is 19.3 Å². The molecule has 0 aromatic carbocycles. The number of hydrogen-bond acceptors (Lipinski definition) is 5. The highest BCUT2D eigenvalue weighted by molar-refractivity contribution is 5.87. The average molecular weight is 501 g/mol. The molecule has 0 spiro atoms. The number of carbonyl (C=O) groups is 3. The maximum absolute atomic E-state index is 13.6. The second kappa shape index (κ2) is 8.36. The second-order valence-corrected chi connectivity index (χ2v) is 13.5. The van der Waals surface area contributed by atoms with E-state index in [0.29, 0.717) is 31.5 Å². The van der Waals surface area contributed by atoms with Gasteiger partial charge in [0.15, 0.2) is 0 Å². The molecule has 4 rings (SSSR count). The highest BCUT2D eigenvalue weighted by Gasteiger charge is 2.75. The number of aliphatic hydroxyl groups is 2. The first-order valence-corrected chi connectivity index (χ1v) is 13.6. The minimum Gasteiger partial charge on any atom is -0.478 e. The van der Waals surface area contributed by atoms with Gasteiger partial charge in [-0.2, -0.15) is 0 Å². The van der Waals surface area contributed by atoms with Gasteiger partial charge in [0, 0.05) is 28.7 Å². The molecular weight excluding hydrogens is 456 g/mol. The predicted molar refractivity (Wildman–Crippen MR) is 137 cm³/mol. The Bertz CT molecular complexity index is 1050. The number of aliphatic carboxylic acids is 1. The minimum absolute atomic E-state index is 0.0634. The summed E-state index contributed by atoms with van der Waals surface area (Å²) in [5.41, 5.74) is -2.99. The van der Waals surface area contributed by atoms with Crippen molar-refractivity contribution in [3.8, 4) is 0 Å². The number of rotatable bonds is 6. The molecule has 1 unspecified atom stereocenters. The Morgan fingerprint density at radius 3 is 2.39 bits per heavy atom. The fourth-order valence-electron chi connectivity index (χ4n) is 8.77. The predicted octanol–water partition coefficient (Wildman–Crippen LogP) is 4.87. The third kappa shape index (κ3) is 3.46. The summed E-state index contributed by atoms with van der Waals surface area (Å²) >= 11 is 0. The summed E-state index contributed by atoms with van der Waals surface area (Å²) in [5.74, 6) is -1.51. The first-order valence-electron chi connectivity index (χ1n) is 13.6. The number of carbonyl (C=O) groups excluding carboxylic acids is 2. The number of hydrogen-bond donors (Lipinski definition) is 3. The van der Waals surface area contributed by atoms with Gasteiger partial charge in [-0.3, -0.25) is 9.59 Å². The molecule has 36 heavy (non-hydrogen) atoms. The van der Waals surface area contributed by atoms with Gasteiger partial charge in [-0.1, -0.05) is 46.3 Å². The summed E-state index contributed by atoms with van der Waals surface area (Å²) in [4.78, 5) is 37.4. The van der Waals surface area contributed by atoms with Gasteiger partial charge in [0.2, 0.25) is 0 Å². The lowest BCUT2D eigenvalue weighted by Gasteiger charge is -2.56. The van der Waals surface area contributed by atoms with Crippen molar-refractivity contribution in [3.63, 3.8) is 0 Å². The van der Waals surface area contributed by atoms with Crippen LogP contribution in [0.1, 0.15) is 93.4 Å². The Balaban J connectivity index is 1.63. The van der Waals surface area contributed by atoms with Crippen LogP contribution in [-0.4, -0.2) is 44.1 Å². The van der Waals surface area contributed by atoms with Crippen molar-refractivity contribution in [2.45, 2.75) is 105 Å². The van der Waals surface area contributed by atoms with Gasteiger partial charge >= 0.3 is 5.97 Å². The summed E-state index contributed by atoms with van der Waals surface area (Å²) in [6.07, 6.45) is 7.96. The maximum atomic E-state index is 13.6. The number of Topliss-reactive ketones (excluding diaryl/α,β-unsaturated/α-hetero) is 2. The van der Waals surface area contributed by atoms with Crippen LogP contribution >= 0.6 is 0 Å². The zero-order chi connectivity index (χ0) is 27.1. The van der Waals surface area contributed by atoms with Crippen LogP contribution < -0.4 is 0 Å². The van der Waals surface area contributed by atoms with Crippen molar-refractivity contribution in [1.29, 1.82) is 0 Å². The number of allylic oxidation sites excluding steroid dienone is 2. The monoisotopic (exact) mass is 500 g/mol. The molecule has 0 aliphatic heterocycles. The summed E-state index contributed by atoms with van der Waals surface area (Å²) in [7, 11) is 0. The standard InChI is InChI=1S/C30H44O6/c1-17(9-8-10-18(2)25(33)34)24(32)21-15-28(6)19-11-12-22-26(3,4)23(31)13-14-27(22,5)20(19)16-30(28,36)29(21,7)35/h10,16-17,19,21-22,35-36H,8-9,11-15H2,1-7H3,(H,33,34)/b18-10-/t17-,19-,21?,22+,27-,28+,29-,30+/m1/s1. The van der Waals surface area contributed by atoms with Crippen LogP contribution in [0.3, 0.4) is 0 Å². The number of fused-ring (bicyclic) bond motifs is 5. The minimum atomic E-state index is -1.61. The molecular formula is C30H44O6. The summed E-state index contributed by atoms with van der Waals surface area (Å²) in [6.45, 7) is 13.4. The van der Waals surface area contributed by atoms with E-state index in [-0.39, 0.29) is 34.5 Å². The Hall–Kier alpha value is -1.79. The molecule has 0 saturated heterocycles. The third-order valence-corrected chi connectivity index (χ3v) is 11.3. The van der Waals surface area contributed by atoms with Crippen molar-refractivity contribution in [2.24, 2.45) is 39.9 Å². The van der Waals surface area contributed by atoms with Gasteiger partial charge in [-0.25, -0.2) is 4.79 Å². The lowest BCUT2D eigenvalue weighted by atomic mass is 9.47. The van der Waals surface area contributed by atoms with E-state index < -0.39 is 33.9 Å². The Morgan fingerprint density at radius 1 is 1.14 bits per heavy atom. The van der Waals surface area contributed by atoms with Gasteiger partial charge in [0.05, 0.1) is 5.92 Å². The largest absolute Gasteiger partial charge is 0.478 e. The molecule has 0 heterocycles. The molecule has 4 aliphatic carbocycles. The van der Waals surface area contributed by atoms with Gasteiger partial charge in [-0.15, -0.1) is 0 Å². The first kappa shape index (κ1) is 27.3. The second-order valence-electron chi connectivity index (χ2n) is 13.5. The molecule has 6 heteroatoms. The van der Waals surface area contributed by atoms with Crippen LogP contribution in [0.25, 0.3) is 0 Å².